The maximum atomic E-state index is 12.4. The number of anilines is 1. The van der Waals surface area contributed by atoms with Gasteiger partial charge in [0.25, 0.3) is 5.91 Å². The molecule has 0 spiro atoms. The first kappa shape index (κ1) is 17.9. The van der Waals surface area contributed by atoms with E-state index in [4.69, 9.17) is 5.73 Å². The summed E-state index contributed by atoms with van der Waals surface area (Å²) in [6, 6.07) is 11.2. The van der Waals surface area contributed by atoms with Crippen LogP contribution in [0.1, 0.15) is 49.7 Å². The summed E-state index contributed by atoms with van der Waals surface area (Å²) < 4.78 is 0. The molecule has 1 atom stereocenters. The summed E-state index contributed by atoms with van der Waals surface area (Å²) in [5.74, 6) is -0.310. The molecular weight excluding hydrogens is 352 g/mol. The monoisotopic (exact) mass is 372 g/mol. The first-order valence-corrected chi connectivity index (χ1v) is 9.18. The summed E-state index contributed by atoms with van der Waals surface area (Å²) in [6.07, 6.45) is 9.27. The van der Waals surface area contributed by atoms with Crippen LogP contribution in [0.5, 0.6) is 0 Å². The molecule has 1 aliphatic rings. The fraction of sp³-hybridized carbons (Fsp3) is 0.182. The van der Waals surface area contributed by atoms with Gasteiger partial charge in [0, 0.05) is 36.0 Å². The van der Waals surface area contributed by atoms with Crippen LogP contribution in [0.25, 0.3) is 0 Å². The Hall–Kier alpha value is -3.54. The smallest absolute Gasteiger partial charge is 0.255 e. The van der Waals surface area contributed by atoms with Gasteiger partial charge in [-0.25, -0.2) is 0 Å². The van der Waals surface area contributed by atoms with Crippen molar-refractivity contribution in [3.8, 4) is 0 Å². The maximum Gasteiger partial charge on any atom is 0.255 e. The Labute approximate surface area is 162 Å². The van der Waals surface area contributed by atoms with E-state index in [0.717, 1.165) is 30.5 Å². The SMILES string of the molecule is NC(=O)c1cncc(C[C@@H]2CCc3ccc(NC(=O)c4ccncc4)cc32)c1. The van der Waals surface area contributed by atoms with Crippen LogP contribution in [0, 0.1) is 0 Å². The number of fused-ring (bicyclic) bond motifs is 1. The van der Waals surface area contributed by atoms with Crippen molar-refractivity contribution in [3.05, 3.63) is 89.0 Å². The number of carbonyl (C=O) groups is 2. The van der Waals surface area contributed by atoms with Gasteiger partial charge in [-0.1, -0.05) is 6.07 Å². The molecule has 0 saturated carbocycles. The standard InChI is InChI=1S/C22H20N4O2/c23-21(27)18-10-14(12-25-13-18)9-17-2-1-15-3-4-19(11-20(15)17)26-22(28)16-5-7-24-8-6-16/h3-8,10-13,17H,1-2,9H2,(H2,23,27)(H,26,28)/t17-/m0/s1. The van der Waals surface area contributed by atoms with Crippen LogP contribution in [0.2, 0.25) is 0 Å². The Morgan fingerprint density at radius 1 is 1.04 bits per heavy atom. The molecule has 6 heteroatoms. The normalized spacial score (nSPS) is 15.1. The van der Waals surface area contributed by atoms with Gasteiger partial charge >= 0.3 is 0 Å². The van der Waals surface area contributed by atoms with Gasteiger partial charge in [0.15, 0.2) is 0 Å². The number of nitrogens with zero attached hydrogens (tertiary/aromatic N) is 2. The van der Waals surface area contributed by atoms with Gasteiger partial charge in [-0.05, 0) is 72.2 Å². The summed E-state index contributed by atoms with van der Waals surface area (Å²) in [6.45, 7) is 0. The van der Waals surface area contributed by atoms with E-state index >= 15 is 0 Å². The van der Waals surface area contributed by atoms with Crippen molar-refractivity contribution in [3.63, 3.8) is 0 Å². The number of carbonyl (C=O) groups excluding carboxylic acids is 2. The molecule has 2 heterocycles. The number of primary amides is 1. The molecule has 2 aromatic heterocycles. The Balaban J connectivity index is 1.53. The number of amides is 2. The van der Waals surface area contributed by atoms with E-state index in [0.29, 0.717) is 17.0 Å². The van der Waals surface area contributed by atoms with Crippen LogP contribution in [0.15, 0.2) is 61.2 Å². The van der Waals surface area contributed by atoms with Crippen LogP contribution in [0.3, 0.4) is 0 Å². The number of rotatable bonds is 5. The molecule has 3 N–H and O–H groups in total. The van der Waals surface area contributed by atoms with Crippen molar-refractivity contribution in [1.82, 2.24) is 9.97 Å². The van der Waals surface area contributed by atoms with Gasteiger partial charge in [-0.3, -0.25) is 19.6 Å². The zero-order valence-corrected chi connectivity index (χ0v) is 15.3. The fourth-order valence-electron chi connectivity index (χ4n) is 3.70. The number of aromatic nitrogens is 2. The molecule has 0 fully saturated rings. The van der Waals surface area contributed by atoms with Gasteiger partial charge in [0.05, 0.1) is 5.56 Å². The lowest BCUT2D eigenvalue weighted by atomic mass is 9.93. The van der Waals surface area contributed by atoms with E-state index in [1.165, 1.54) is 17.3 Å². The summed E-state index contributed by atoms with van der Waals surface area (Å²) in [7, 11) is 0. The largest absolute Gasteiger partial charge is 0.366 e. The molecule has 2 amide bonds. The average Bonchev–Trinajstić information content (AvgIpc) is 3.11. The topological polar surface area (TPSA) is 98.0 Å². The third-order valence-corrected chi connectivity index (χ3v) is 5.11. The summed E-state index contributed by atoms with van der Waals surface area (Å²) in [5.41, 5.74) is 10.6. The van der Waals surface area contributed by atoms with Crippen LogP contribution in [0.4, 0.5) is 5.69 Å². The molecule has 0 bridgehead atoms. The van der Waals surface area contributed by atoms with E-state index in [1.54, 1.807) is 30.7 Å². The second-order valence-corrected chi connectivity index (χ2v) is 6.99. The third-order valence-electron chi connectivity index (χ3n) is 5.11. The molecule has 4 rings (SSSR count). The molecule has 0 aliphatic heterocycles. The number of nitrogens with one attached hydrogen (secondary N) is 1. The first-order valence-electron chi connectivity index (χ1n) is 9.18. The minimum absolute atomic E-state index is 0.157. The average molecular weight is 372 g/mol. The number of pyridine rings is 2. The van der Waals surface area contributed by atoms with E-state index in [1.807, 2.05) is 12.1 Å². The molecule has 140 valence electrons. The molecule has 0 radical (unpaired) electrons. The number of aryl methyl sites for hydroxylation is 1. The number of hydrogen-bond acceptors (Lipinski definition) is 4. The van der Waals surface area contributed by atoms with Crippen molar-refractivity contribution in [1.29, 1.82) is 0 Å². The van der Waals surface area contributed by atoms with Crippen molar-refractivity contribution < 1.29 is 9.59 Å². The van der Waals surface area contributed by atoms with Crippen molar-refractivity contribution in [2.24, 2.45) is 5.73 Å². The van der Waals surface area contributed by atoms with Crippen molar-refractivity contribution in [2.75, 3.05) is 5.32 Å². The van der Waals surface area contributed by atoms with Crippen LogP contribution in [-0.4, -0.2) is 21.8 Å². The highest BCUT2D eigenvalue weighted by Crippen LogP contribution is 2.37. The molecule has 28 heavy (non-hydrogen) atoms. The number of hydrogen-bond donors (Lipinski definition) is 2. The lowest BCUT2D eigenvalue weighted by Gasteiger charge is -2.14. The third kappa shape index (κ3) is 3.76. The Morgan fingerprint density at radius 2 is 1.86 bits per heavy atom. The first-order chi connectivity index (χ1) is 13.6. The zero-order valence-electron chi connectivity index (χ0n) is 15.3. The summed E-state index contributed by atoms with van der Waals surface area (Å²) >= 11 is 0. The zero-order chi connectivity index (χ0) is 19.5. The molecule has 0 unspecified atom stereocenters. The molecule has 1 aromatic carbocycles. The molecular formula is C22H20N4O2. The fourth-order valence-corrected chi connectivity index (χ4v) is 3.70. The van der Waals surface area contributed by atoms with Gasteiger partial charge in [-0.15, -0.1) is 0 Å². The highest BCUT2D eigenvalue weighted by atomic mass is 16.2. The highest BCUT2D eigenvalue weighted by molar-refractivity contribution is 6.04. The minimum Gasteiger partial charge on any atom is -0.366 e. The van der Waals surface area contributed by atoms with E-state index in [2.05, 4.69) is 27.4 Å². The van der Waals surface area contributed by atoms with Crippen LogP contribution in [-0.2, 0) is 12.8 Å². The maximum absolute atomic E-state index is 12.4. The van der Waals surface area contributed by atoms with Crippen molar-refractivity contribution in [2.45, 2.75) is 25.2 Å². The van der Waals surface area contributed by atoms with Crippen LogP contribution < -0.4 is 11.1 Å². The van der Waals surface area contributed by atoms with Gasteiger partial charge < -0.3 is 11.1 Å². The second-order valence-electron chi connectivity index (χ2n) is 6.99. The number of nitrogens with two attached hydrogens (primary N) is 1. The van der Waals surface area contributed by atoms with E-state index < -0.39 is 5.91 Å². The summed E-state index contributed by atoms with van der Waals surface area (Å²) in [5, 5.41) is 2.96. The lowest BCUT2D eigenvalue weighted by Crippen LogP contribution is -2.12. The van der Waals surface area contributed by atoms with Gasteiger partial charge in [-0.2, -0.15) is 0 Å². The predicted molar refractivity (Wildman–Crippen MR) is 106 cm³/mol. The van der Waals surface area contributed by atoms with Crippen LogP contribution >= 0.6 is 0 Å². The lowest BCUT2D eigenvalue weighted by molar-refractivity contribution is 0.0997. The molecule has 3 aromatic rings. The second kappa shape index (κ2) is 7.60. The van der Waals surface area contributed by atoms with E-state index in [9.17, 15) is 9.59 Å². The predicted octanol–water partition coefficient (Wildman–Crippen LogP) is 3.10. The Morgan fingerprint density at radius 3 is 2.64 bits per heavy atom. The quantitative estimate of drug-likeness (QED) is 0.719. The number of benzene rings is 1. The molecule has 6 nitrogen and oxygen atoms in total. The summed E-state index contributed by atoms with van der Waals surface area (Å²) in [4.78, 5) is 31.9. The van der Waals surface area contributed by atoms with Gasteiger partial charge in [0.2, 0.25) is 5.91 Å². The highest BCUT2D eigenvalue weighted by Gasteiger charge is 2.23. The van der Waals surface area contributed by atoms with Crippen molar-refractivity contribution >= 4 is 17.5 Å². The molecule has 1 aliphatic carbocycles. The Kier molecular flexibility index (Phi) is 4.85. The van der Waals surface area contributed by atoms with Gasteiger partial charge in [0.1, 0.15) is 0 Å². The molecule has 0 saturated heterocycles. The Bertz CT molecular complexity index is 1030. The minimum atomic E-state index is -0.470. The van der Waals surface area contributed by atoms with E-state index in [-0.39, 0.29) is 5.91 Å².